The summed E-state index contributed by atoms with van der Waals surface area (Å²) in [7, 11) is 0. The Labute approximate surface area is 130 Å². The highest BCUT2D eigenvalue weighted by Gasteiger charge is 2.21. The summed E-state index contributed by atoms with van der Waals surface area (Å²) < 4.78 is 0. The first-order chi connectivity index (χ1) is 10.7. The second kappa shape index (κ2) is 6.47. The zero-order valence-electron chi connectivity index (χ0n) is 12.5. The lowest BCUT2D eigenvalue weighted by Gasteiger charge is -2.35. The van der Waals surface area contributed by atoms with Gasteiger partial charge in [0.2, 0.25) is 5.91 Å². The molecule has 1 aliphatic heterocycles. The standard InChI is InChI=1S/C17H20N4O/c18-15-5-3-4-14(12-15)13-17(22)21-10-8-20(9-11-21)16-6-1-2-7-19-16/h1-7,12H,8-11,13,18H2. The molecule has 22 heavy (non-hydrogen) atoms. The fourth-order valence-electron chi connectivity index (χ4n) is 2.72. The van der Waals surface area contributed by atoms with Gasteiger partial charge in [0.25, 0.3) is 0 Å². The number of piperazine rings is 1. The van der Waals surface area contributed by atoms with Gasteiger partial charge in [-0.2, -0.15) is 0 Å². The van der Waals surface area contributed by atoms with Gasteiger partial charge < -0.3 is 15.5 Å². The van der Waals surface area contributed by atoms with E-state index in [1.165, 1.54) is 0 Å². The average molecular weight is 296 g/mol. The van der Waals surface area contributed by atoms with E-state index in [0.29, 0.717) is 12.1 Å². The molecule has 3 rings (SSSR count). The summed E-state index contributed by atoms with van der Waals surface area (Å²) in [5, 5.41) is 0. The number of carbonyl (C=O) groups excluding carboxylic acids is 1. The maximum Gasteiger partial charge on any atom is 0.227 e. The van der Waals surface area contributed by atoms with Crippen LogP contribution in [0.15, 0.2) is 48.7 Å². The second-order valence-electron chi connectivity index (χ2n) is 5.48. The van der Waals surface area contributed by atoms with Crippen molar-refractivity contribution < 1.29 is 4.79 Å². The van der Waals surface area contributed by atoms with Crippen molar-refractivity contribution in [3.63, 3.8) is 0 Å². The third-order valence-corrected chi connectivity index (χ3v) is 3.91. The molecule has 1 saturated heterocycles. The third kappa shape index (κ3) is 3.36. The van der Waals surface area contributed by atoms with E-state index in [9.17, 15) is 4.79 Å². The predicted octanol–water partition coefficient (Wildman–Crippen LogP) is 1.56. The minimum absolute atomic E-state index is 0.159. The fourth-order valence-corrected chi connectivity index (χ4v) is 2.72. The molecular weight excluding hydrogens is 276 g/mol. The molecule has 1 aromatic carbocycles. The Kier molecular flexibility index (Phi) is 4.23. The Morgan fingerprint density at radius 2 is 1.91 bits per heavy atom. The summed E-state index contributed by atoms with van der Waals surface area (Å²) >= 11 is 0. The molecule has 2 N–H and O–H groups in total. The molecule has 0 radical (unpaired) electrons. The van der Waals surface area contributed by atoms with Crippen molar-refractivity contribution in [1.29, 1.82) is 0 Å². The first kappa shape index (κ1) is 14.4. The molecule has 0 spiro atoms. The van der Waals surface area contributed by atoms with Crippen LogP contribution < -0.4 is 10.6 Å². The zero-order valence-corrected chi connectivity index (χ0v) is 12.5. The molecular formula is C17H20N4O. The largest absolute Gasteiger partial charge is 0.399 e. The molecule has 5 nitrogen and oxygen atoms in total. The van der Waals surface area contributed by atoms with Gasteiger partial charge in [0.05, 0.1) is 6.42 Å². The molecule has 1 aliphatic rings. The van der Waals surface area contributed by atoms with E-state index >= 15 is 0 Å². The average Bonchev–Trinajstić information content (AvgIpc) is 2.56. The molecule has 0 atom stereocenters. The molecule has 0 bridgehead atoms. The highest BCUT2D eigenvalue weighted by atomic mass is 16.2. The van der Waals surface area contributed by atoms with E-state index in [0.717, 1.165) is 37.6 Å². The van der Waals surface area contributed by atoms with Gasteiger partial charge in [-0.15, -0.1) is 0 Å². The van der Waals surface area contributed by atoms with Gasteiger partial charge in [0, 0.05) is 38.1 Å². The molecule has 114 valence electrons. The highest BCUT2D eigenvalue weighted by molar-refractivity contribution is 5.79. The lowest BCUT2D eigenvalue weighted by molar-refractivity contribution is -0.130. The van der Waals surface area contributed by atoms with Crippen LogP contribution in [0.5, 0.6) is 0 Å². The van der Waals surface area contributed by atoms with Crippen molar-refractivity contribution in [2.75, 3.05) is 36.8 Å². The number of nitrogens with zero attached hydrogens (tertiary/aromatic N) is 3. The van der Waals surface area contributed by atoms with Crippen LogP contribution in [0.1, 0.15) is 5.56 Å². The number of rotatable bonds is 3. The van der Waals surface area contributed by atoms with Crippen LogP contribution in [0, 0.1) is 0 Å². The van der Waals surface area contributed by atoms with Crippen LogP contribution in [0.3, 0.4) is 0 Å². The summed E-state index contributed by atoms with van der Waals surface area (Å²) in [6.45, 7) is 3.11. The van der Waals surface area contributed by atoms with Crippen molar-refractivity contribution in [2.45, 2.75) is 6.42 Å². The number of benzene rings is 1. The molecule has 0 unspecified atom stereocenters. The quantitative estimate of drug-likeness (QED) is 0.873. The first-order valence-electron chi connectivity index (χ1n) is 7.50. The third-order valence-electron chi connectivity index (χ3n) is 3.91. The van der Waals surface area contributed by atoms with Gasteiger partial charge in [0.15, 0.2) is 0 Å². The highest BCUT2D eigenvalue weighted by Crippen LogP contribution is 2.14. The lowest BCUT2D eigenvalue weighted by Crippen LogP contribution is -2.49. The smallest absolute Gasteiger partial charge is 0.227 e. The van der Waals surface area contributed by atoms with Gasteiger partial charge in [-0.25, -0.2) is 4.98 Å². The lowest BCUT2D eigenvalue weighted by atomic mass is 10.1. The summed E-state index contributed by atoms with van der Waals surface area (Å²) in [6.07, 6.45) is 2.21. The zero-order chi connectivity index (χ0) is 15.4. The van der Waals surface area contributed by atoms with Gasteiger partial charge in [-0.1, -0.05) is 18.2 Å². The molecule has 2 aromatic rings. The SMILES string of the molecule is Nc1cccc(CC(=O)N2CCN(c3ccccn3)CC2)c1. The Bertz CT molecular complexity index is 636. The minimum Gasteiger partial charge on any atom is -0.399 e. The topological polar surface area (TPSA) is 62.5 Å². The fraction of sp³-hybridized carbons (Fsp3) is 0.294. The number of hydrogen-bond acceptors (Lipinski definition) is 4. The number of carbonyl (C=O) groups is 1. The summed E-state index contributed by atoms with van der Waals surface area (Å²) in [4.78, 5) is 20.9. The van der Waals surface area contributed by atoms with E-state index in [1.54, 1.807) is 6.20 Å². The van der Waals surface area contributed by atoms with Crippen LogP contribution in [-0.2, 0) is 11.2 Å². The van der Waals surface area contributed by atoms with Crippen molar-refractivity contribution in [1.82, 2.24) is 9.88 Å². The van der Waals surface area contributed by atoms with Crippen molar-refractivity contribution >= 4 is 17.4 Å². The number of nitrogens with two attached hydrogens (primary N) is 1. The summed E-state index contributed by atoms with van der Waals surface area (Å²) in [6, 6.07) is 13.4. The van der Waals surface area contributed by atoms with Crippen molar-refractivity contribution in [3.8, 4) is 0 Å². The maximum absolute atomic E-state index is 12.4. The number of hydrogen-bond donors (Lipinski definition) is 1. The molecule has 5 heteroatoms. The van der Waals surface area contributed by atoms with E-state index in [2.05, 4.69) is 9.88 Å². The van der Waals surface area contributed by atoms with Crippen LogP contribution in [0.4, 0.5) is 11.5 Å². The van der Waals surface area contributed by atoms with Crippen molar-refractivity contribution in [2.24, 2.45) is 0 Å². The van der Waals surface area contributed by atoms with E-state index in [1.807, 2.05) is 47.4 Å². The monoisotopic (exact) mass is 296 g/mol. The molecule has 2 heterocycles. The van der Waals surface area contributed by atoms with Gasteiger partial charge >= 0.3 is 0 Å². The predicted molar refractivity (Wildman–Crippen MR) is 87.6 cm³/mol. The van der Waals surface area contributed by atoms with Crippen LogP contribution in [-0.4, -0.2) is 42.0 Å². The number of pyridine rings is 1. The Morgan fingerprint density at radius 3 is 2.59 bits per heavy atom. The van der Waals surface area contributed by atoms with Gasteiger partial charge in [-0.05, 0) is 29.8 Å². The summed E-state index contributed by atoms with van der Waals surface area (Å²) in [5.74, 6) is 1.14. The Hall–Kier alpha value is -2.56. The molecule has 0 aliphatic carbocycles. The first-order valence-corrected chi connectivity index (χ1v) is 7.50. The maximum atomic E-state index is 12.4. The van der Waals surface area contributed by atoms with Gasteiger partial charge in [-0.3, -0.25) is 4.79 Å². The van der Waals surface area contributed by atoms with E-state index in [-0.39, 0.29) is 5.91 Å². The normalized spacial score (nSPS) is 14.9. The van der Waals surface area contributed by atoms with E-state index < -0.39 is 0 Å². The van der Waals surface area contributed by atoms with Crippen LogP contribution in [0.2, 0.25) is 0 Å². The van der Waals surface area contributed by atoms with Gasteiger partial charge in [0.1, 0.15) is 5.82 Å². The minimum atomic E-state index is 0.159. The molecule has 1 fully saturated rings. The number of aromatic nitrogens is 1. The number of anilines is 2. The summed E-state index contributed by atoms with van der Waals surface area (Å²) in [5.41, 5.74) is 7.43. The van der Waals surface area contributed by atoms with Crippen LogP contribution in [0.25, 0.3) is 0 Å². The molecule has 0 saturated carbocycles. The van der Waals surface area contributed by atoms with Crippen molar-refractivity contribution in [3.05, 3.63) is 54.2 Å². The Balaban J connectivity index is 1.56. The van der Waals surface area contributed by atoms with Crippen LogP contribution >= 0.6 is 0 Å². The second-order valence-corrected chi connectivity index (χ2v) is 5.48. The number of amides is 1. The number of nitrogen functional groups attached to an aromatic ring is 1. The molecule has 1 aromatic heterocycles. The Morgan fingerprint density at radius 1 is 1.09 bits per heavy atom. The van der Waals surface area contributed by atoms with E-state index in [4.69, 9.17) is 5.73 Å². The molecule has 1 amide bonds.